The summed E-state index contributed by atoms with van der Waals surface area (Å²) in [5.74, 6) is -0.178. The second-order valence-electron chi connectivity index (χ2n) is 3.46. The lowest BCUT2D eigenvalue weighted by Gasteiger charge is -2.07. The molecule has 0 aromatic heterocycles. The van der Waals surface area contributed by atoms with Gasteiger partial charge in [-0.1, -0.05) is 0 Å². The smallest absolute Gasteiger partial charge is 0.251 e. The van der Waals surface area contributed by atoms with Crippen molar-refractivity contribution in [2.75, 3.05) is 25.5 Å². The summed E-state index contributed by atoms with van der Waals surface area (Å²) in [5, 5.41) is 8.20. The lowest BCUT2D eigenvalue weighted by Crippen LogP contribution is -2.29. The summed E-state index contributed by atoms with van der Waals surface area (Å²) in [6, 6.07) is 6.95. The van der Waals surface area contributed by atoms with E-state index in [4.69, 9.17) is 0 Å². The zero-order chi connectivity index (χ0) is 12.7. The molecule has 0 saturated carbocycles. The molecule has 0 spiro atoms. The first-order chi connectivity index (χ1) is 8.17. The maximum Gasteiger partial charge on any atom is 0.251 e. The quantitative estimate of drug-likeness (QED) is 0.699. The summed E-state index contributed by atoms with van der Waals surface area (Å²) in [4.78, 5) is 22.5. The second-order valence-corrected chi connectivity index (χ2v) is 3.46. The van der Waals surface area contributed by atoms with Crippen LogP contribution in [0.1, 0.15) is 17.3 Å². The Balaban J connectivity index is 2.51. The molecule has 0 atom stereocenters. The van der Waals surface area contributed by atoms with Crippen LogP contribution in [0.4, 0.5) is 5.69 Å². The fourth-order valence-corrected chi connectivity index (χ4v) is 1.33. The maximum absolute atomic E-state index is 11.3. The zero-order valence-corrected chi connectivity index (χ0v) is 10.0. The van der Waals surface area contributed by atoms with E-state index in [0.29, 0.717) is 12.1 Å². The molecule has 0 aliphatic carbocycles. The molecule has 0 aliphatic rings. The fourth-order valence-electron chi connectivity index (χ4n) is 1.33. The number of hydrogen-bond donors (Lipinski definition) is 3. The molecule has 5 heteroatoms. The summed E-state index contributed by atoms with van der Waals surface area (Å²) in [5.41, 5.74) is 1.40. The van der Waals surface area contributed by atoms with Gasteiger partial charge < -0.3 is 16.0 Å². The van der Waals surface area contributed by atoms with Gasteiger partial charge in [-0.2, -0.15) is 0 Å². The third-order valence-corrected chi connectivity index (χ3v) is 2.20. The number of rotatable bonds is 5. The van der Waals surface area contributed by atoms with E-state index in [1.54, 1.807) is 31.3 Å². The zero-order valence-electron chi connectivity index (χ0n) is 10.0. The van der Waals surface area contributed by atoms with E-state index in [2.05, 4.69) is 16.0 Å². The third-order valence-electron chi connectivity index (χ3n) is 2.20. The van der Waals surface area contributed by atoms with E-state index < -0.39 is 0 Å². The Bertz CT molecular complexity index is 387. The van der Waals surface area contributed by atoms with E-state index in [0.717, 1.165) is 5.69 Å². The Labute approximate surface area is 101 Å². The molecule has 0 radical (unpaired) electrons. The minimum Gasteiger partial charge on any atom is -0.376 e. The molecule has 17 heavy (non-hydrogen) atoms. The van der Waals surface area contributed by atoms with Crippen LogP contribution in [0, 0.1) is 0 Å². The fraction of sp³-hybridized carbons (Fsp3) is 0.333. The van der Waals surface area contributed by atoms with E-state index in [9.17, 15) is 9.59 Å². The highest BCUT2D eigenvalue weighted by molar-refractivity contribution is 5.94. The van der Waals surface area contributed by atoms with Gasteiger partial charge in [-0.25, -0.2) is 0 Å². The molecule has 1 aromatic rings. The van der Waals surface area contributed by atoms with Crippen molar-refractivity contribution in [3.8, 4) is 0 Å². The Morgan fingerprint density at radius 3 is 2.35 bits per heavy atom. The molecule has 2 amide bonds. The molecule has 92 valence electrons. The van der Waals surface area contributed by atoms with Crippen molar-refractivity contribution in [3.05, 3.63) is 29.8 Å². The number of amides is 2. The van der Waals surface area contributed by atoms with Gasteiger partial charge >= 0.3 is 0 Å². The van der Waals surface area contributed by atoms with Gasteiger partial charge in [0.1, 0.15) is 0 Å². The van der Waals surface area contributed by atoms with Crippen molar-refractivity contribution in [2.45, 2.75) is 6.92 Å². The number of hydrogen-bond acceptors (Lipinski definition) is 3. The summed E-state index contributed by atoms with van der Waals surface area (Å²) >= 11 is 0. The highest BCUT2D eigenvalue weighted by atomic mass is 16.2. The molecular formula is C12H17N3O2. The van der Waals surface area contributed by atoms with Crippen LogP contribution in [-0.2, 0) is 4.79 Å². The van der Waals surface area contributed by atoms with Gasteiger partial charge in [-0.3, -0.25) is 9.59 Å². The summed E-state index contributed by atoms with van der Waals surface area (Å²) < 4.78 is 0. The molecule has 0 bridgehead atoms. The van der Waals surface area contributed by atoms with E-state index >= 15 is 0 Å². The van der Waals surface area contributed by atoms with Crippen LogP contribution in [0.3, 0.4) is 0 Å². The van der Waals surface area contributed by atoms with Gasteiger partial charge in [-0.05, 0) is 31.2 Å². The largest absolute Gasteiger partial charge is 0.376 e. The van der Waals surface area contributed by atoms with E-state index in [1.165, 1.54) is 0 Å². The van der Waals surface area contributed by atoms with Crippen LogP contribution in [0.2, 0.25) is 0 Å². The van der Waals surface area contributed by atoms with Gasteiger partial charge in [0.05, 0.1) is 6.54 Å². The first-order valence-corrected chi connectivity index (χ1v) is 5.50. The van der Waals surface area contributed by atoms with Crippen molar-refractivity contribution >= 4 is 17.5 Å². The van der Waals surface area contributed by atoms with Crippen LogP contribution >= 0.6 is 0 Å². The number of likely N-dealkylation sites (N-methyl/N-ethyl adjacent to an activating group) is 1. The standard InChI is InChI=1S/C12H17N3O2/c1-3-14-11(16)8-15-10-6-4-9(5-7-10)12(17)13-2/h4-7,15H,3,8H2,1-2H3,(H,13,17)(H,14,16). The molecule has 1 rings (SSSR count). The van der Waals surface area contributed by atoms with Crippen LogP contribution < -0.4 is 16.0 Å². The van der Waals surface area contributed by atoms with Crippen molar-refractivity contribution < 1.29 is 9.59 Å². The lowest BCUT2D eigenvalue weighted by atomic mass is 10.2. The summed E-state index contributed by atoms with van der Waals surface area (Å²) in [7, 11) is 1.59. The van der Waals surface area contributed by atoms with Crippen LogP contribution in [0.5, 0.6) is 0 Å². The number of carbonyl (C=O) groups is 2. The highest BCUT2D eigenvalue weighted by Gasteiger charge is 2.03. The average molecular weight is 235 g/mol. The summed E-state index contributed by atoms with van der Waals surface area (Å²) in [6.45, 7) is 2.72. The van der Waals surface area contributed by atoms with Crippen LogP contribution in [0.15, 0.2) is 24.3 Å². The average Bonchev–Trinajstić information content (AvgIpc) is 2.36. The summed E-state index contributed by atoms with van der Waals surface area (Å²) in [6.07, 6.45) is 0. The third kappa shape index (κ3) is 4.14. The van der Waals surface area contributed by atoms with E-state index in [-0.39, 0.29) is 18.4 Å². The number of benzene rings is 1. The number of nitrogens with one attached hydrogen (secondary N) is 3. The van der Waals surface area contributed by atoms with Crippen molar-refractivity contribution in [2.24, 2.45) is 0 Å². The first kappa shape index (κ1) is 13.0. The number of anilines is 1. The van der Waals surface area contributed by atoms with Gasteiger partial charge in [-0.15, -0.1) is 0 Å². The topological polar surface area (TPSA) is 70.2 Å². The molecule has 0 heterocycles. The maximum atomic E-state index is 11.3. The van der Waals surface area contributed by atoms with Gasteiger partial charge in [0.25, 0.3) is 5.91 Å². The minimum atomic E-state index is -0.125. The predicted molar refractivity (Wildman–Crippen MR) is 67.0 cm³/mol. The second kappa shape index (κ2) is 6.52. The van der Waals surface area contributed by atoms with Crippen molar-refractivity contribution in [3.63, 3.8) is 0 Å². The Morgan fingerprint density at radius 2 is 1.82 bits per heavy atom. The monoisotopic (exact) mass is 235 g/mol. The minimum absolute atomic E-state index is 0.0529. The molecule has 0 fully saturated rings. The highest BCUT2D eigenvalue weighted by Crippen LogP contribution is 2.08. The SMILES string of the molecule is CCNC(=O)CNc1ccc(C(=O)NC)cc1. The molecule has 5 nitrogen and oxygen atoms in total. The lowest BCUT2D eigenvalue weighted by molar-refractivity contribution is -0.119. The predicted octanol–water partition coefficient (Wildman–Crippen LogP) is 0.594. The molecule has 0 aliphatic heterocycles. The normalized spacial score (nSPS) is 9.53. The van der Waals surface area contributed by atoms with Crippen LogP contribution in [0.25, 0.3) is 0 Å². The Morgan fingerprint density at radius 1 is 1.18 bits per heavy atom. The van der Waals surface area contributed by atoms with Crippen molar-refractivity contribution in [1.82, 2.24) is 10.6 Å². The Hall–Kier alpha value is -2.04. The Kier molecular flexibility index (Phi) is 5.00. The molecule has 0 saturated heterocycles. The van der Waals surface area contributed by atoms with E-state index in [1.807, 2.05) is 6.92 Å². The molecule has 0 unspecified atom stereocenters. The number of carbonyl (C=O) groups excluding carboxylic acids is 2. The van der Waals surface area contributed by atoms with Gasteiger partial charge in [0.2, 0.25) is 5.91 Å². The first-order valence-electron chi connectivity index (χ1n) is 5.50. The van der Waals surface area contributed by atoms with Gasteiger partial charge in [0.15, 0.2) is 0 Å². The van der Waals surface area contributed by atoms with Crippen molar-refractivity contribution in [1.29, 1.82) is 0 Å². The molecular weight excluding hydrogens is 218 g/mol. The molecule has 1 aromatic carbocycles. The van der Waals surface area contributed by atoms with Gasteiger partial charge in [0, 0.05) is 24.8 Å². The molecule has 3 N–H and O–H groups in total. The van der Waals surface area contributed by atoms with Crippen LogP contribution in [-0.4, -0.2) is 32.0 Å².